The SMILES string of the molecule is C=CC1=CC[C@H]2C[C@@H]1C2(C)C.[C-]#[O+].[C-]#[O+].[C-]#[O+].[Fe]. The van der Waals surface area contributed by atoms with Gasteiger partial charge in [0.05, 0.1) is 0 Å². The van der Waals surface area contributed by atoms with Gasteiger partial charge in [0.2, 0.25) is 0 Å². The Kier molecular flexibility index (Phi) is 14.1. The Morgan fingerprint density at radius 1 is 1.22 bits per heavy atom. The Morgan fingerprint density at radius 3 is 1.89 bits per heavy atom. The Bertz CT molecular complexity index is 322. The summed E-state index contributed by atoms with van der Waals surface area (Å²) in [7, 11) is 0. The molecule has 0 aliphatic heterocycles. The molecule has 0 aromatic heterocycles. The van der Waals surface area contributed by atoms with Crippen LogP contribution in [0.3, 0.4) is 0 Å². The first-order valence-corrected chi connectivity index (χ1v) is 5.10. The van der Waals surface area contributed by atoms with Crippen molar-refractivity contribution < 1.29 is 31.0 Å². The average Bonchev–Trinajstić information content (AvgIpc) is 2.45. The van der Waals surface area contributed by atoms with Crippen LogP contribution in [0.5, 0.6) is 0 Å². The molecule has 3 nitrogen and oxygen atoms in total. The molecule has 3 aliphatic rings. The van der Waals surface area contributed by atoms with E-state index in [4.69, 9.17) is 14.0 Å². The van der Waals surface area contributed by atoms with E-state index in [2.05, 4.69) is 46.5 Å². The minimum atomic E-state index is 0. The zero-order valence-corrected chi connectivity index (χ0v) is 11.6. The van der Waals surface area contributed by atoms with Crippen LogP contribution in [0.1, 0.15) is 26.7 Å². The van der Waals surface area contributed by atoms with Gasteiger partial charge in [-0.25, -0.2) is 0 Å². The molecule has 0 aromatic rings. The summed E-state index contributed by atoms with van der Waals surface area (Å²) in [6.45, 7) is 22.1. The van der Waals surface area contributed by atoms with Crippen molar-refractivity contribution in [2.45, 2.75) is 26.7 Å². The summed E-state index contributed by atoms with van der Waals surface area (Å²) in [5.41, 5.74) is 2.07. The quantitative estimate of drug-likeness (QED) is 0.404. The number of allylic oxidation sites excluding steroid dienone is 3. The smallest absolute Gasteiger partial charge is 0 e. The van der Waals surface area contributed by atoms with E-state index in [0.29, 0.717) is 5.41 Å². The molecule has 0 N–H and O–H groups in total. The average molecular weight is 288 g/mol. The molecule has 98 valence electrons. The maximum absolute atomic E-state index is 7.50. The molecule has 1 fully saturated rings. The van der Waals surface area contributed by atoms with E-state index in [1.165, 1.54) is 18.4 Å². The molecule has 0 aromatic carbocycles. The molecule has 0 spiro atoms. The van der Waals surface area contributed by atoms with Gasteiger partial charge in [-0.1, -0.05) is 32.6 Å². The summed E-state index contributed by atoms with van der Waals surface area (Å²) in [5, 5.41) is 0. The van der Waals surface area contributed by atoms with Gasteiger partial charge in [0.15, 0.2) is 0 Å². The van der Waals surface area contributed by atoms with Gasteiger partial charge in [-0.05, 0) is 35.7 Å². The van der Waals surface area contributed by atoms with Crippen LogP contribution in [0.25, 0.3) is 0 Å². The fraction of sp³-hybridized carbons (Fsp3) is 0.500. The van der Waals surface area contributed by atoms with E-state index in [0.717, 1.165) is 11.8 Å². The van der Waals surface area contributed by atoms with Crippen molar-refractivity contribution in [3.05, 3.63) is 44.3 Å². The third-order valence-corrected chi connectivity index (χ3v) is 3.75. The van der Waals surface area contributed by atoms with Crippen molar-refractivity contribution in [1.82, 2.24) is 0 Å². The Balaban J connectivity index is -0.000000285. The molecular weight excluding hydrogens is 272 g/mol. The number of rotatable bonds is 1. The largest absolute Gasteiger partial charge is 0 e. The van der Waals surface area contributed by atoms with Crippen LogP contribution in [0.15, 0.2) is 24.3 Å². The van der Waals surface area contributed by atoms with Crippen molar-refractivity contribution in [3.63, 3.8) is 0 Å². The fourth-order valence-electron chi connectivity index (χ4n) is 2.63. The molecule has 0 heterocycles. The minimum Gasteiger partial charge on any atom is 0 e. The van der Waals surface area contributed by atoms with Crippen molar-refractivity contribution in [2.75, 3.05) is 0 Å². The van der Waals surface area contributed by atoms with Gasteiger partial charge in [-0.15, -0.1) is 0 Å². The molecule has 3 aliphatic carbocycles. The minimum absolute atomic E-state index is 0. The second-order valence-corrected chi connectivity index (χ2v) is 4.45. The van der Waals surface area contributed by atoms with Gasteiger partial charge in [0, 0.05) is 17.1 Å². The van der Waals surface area contributed by atoms with Crippen molar-refractivity contribution in [3.8, 4) is 0 Å². The third kappa shape index (κ3) is 4.48. The molecule has 0 unspecified atom stereocenters. The summed E-state index contributed by atoms with van der Waals surface area (Å²) >= 11 is 0. The first-order chi connectivity index (χ1) is 8.16. The molecule has 1 saturated carbocycles. The van der Waals surface area contributed by atoms with E-state index >= 15 is 0 Å². The van der Waals surface area contributed by atoms with Crippen molar-refractivity contribution >= 4 is 0 Å². The van der Waals surface area contributed by atoms with E-state index in [9.17, 15) is 0 Å². The van der Waals surface area contributed by atoms with Crippen molar-refractivity contribution in [2.24, 2.45) is 17.3 Å². The number of hydrogen-bond donors (Lipinski definition) is 0. The summed E-state index contributed by atoms with van der Waals surface area (Å²) in [5.74, 6) is 1.77. The molecule has 18 heavy (non-hydrogen) atoms. The van der Waals surface area contributed by atoms with E-state index in [-0.39, 0.29) is 17.1 Å². The van der Waals surface area contributed by atoms with Crippen LogP contribution in [-0.4, -0.2) is 0 Å². The van der Waals surface area contributed by atoms with E-state index in [1.54, 1.807) is 0 Å². The molecule has 0 radical (unpaired) electrons. The summed E-state index contributed by atoms with van der Waals surface area (Å²) < 4.78 is 22.5. The summed E-state index contributed by atoms with van der Waals surface area (Å²) in [6, 6.07) is 0. The van der Waals surface area contributed by atoms with Gasteiger partial charge >= 0.3 is 33.9 Å². The van der Waals surface area contributed by atoms with Crippen LogP contribution < -0.4 is 0 Å². The van der Waals surface area contributed by atoms with Gasteiger partial charge in [-0.2, -0.15) is 0 Å². The molecule has 0 saturated heterocycles. The van der Waals surface area contributed by atoms with E-state index < -0.39 is 0 Å². The molecule has 2 bridgehead atoms. The molecule has 4 heteroatoms. The predicted molar refractivity (Wildman–Crippen MR) is 60.1 cm³/mol. The molecule has 2 atom stereocenters. The Hall–Kier alpha value is -0.781. The van der Waals surface area contributed by atoms with E-state index in [1.807, 2.05) is 6.08 Å². The number of hydrogen-bond acceptors (Lipinski definition) is 0. The fourth-order valence-corrected chi connectivity index (χ4v) is 2.63. The zero-order chi connectivity index (χ0) is 14.1. The van der Waals surface area contributed by atoms with Crippen molar-refractivity contribution in [1.29, 1.82) is 0 Å². The summed E-state index contributed by atoms with van der Waals surface area (Å²) in [6.07, 6.45) is 7.11. The van der Waals surface area contributed by atoms with Crippen LogP contribution >= 0.6 is 0 Å². The van der Waals surface area contributed by atoms with Crippen LogP contribution in [0.2, 0.25) is 0 Å². The first kappa shape index (κ1) is 22.4. The Morgan fingerprint density at radius 2 is 1.67 bits per heavy atom. The van der Waals surface area contributed by atoms with Gasteiger partial charge in [0.25, 0.3) is 0 Å². The van der Waals surface area contributed by atoms with Crippen LogP contribution in [0, 0.1) is 37.2 Å². The first-order valence-electron chi connectivity index (χ1n) is 5.10. The molecule has 3 rings (SSSR count). The molecule has 0 amide bonds. The maximum atomic E-state index is 7.50. The molecular formula is C14H16FeO3. The topological polar surface area (TPSA) is 59.7 Å². The monoisotopic (exact) mass is 288 g/mol. The second kappa shape index (κ2) is 11.3. The second-order valence-electron chi connectivity index (χ2n) is 4.45. The number of fused-ring (bicyclic) bond motifs is 1. The maximum Gasteiger partial charge on any atom is 0 e. The van der Waals surface area contributed by atoms with Gasteiger partial charge in [0.1, 0.15) is 0 Å². The predicted octanol–water partition coefficient (Wildman–Crippen LogP) is 3.05. The Labute approximate surface area is 119 Å². The normalized spacial score (nSPS) is 24.1. The van der Waals surface area contributed by atoms with Crippen LogP contribution in [-0.2, 0) is 31.0 Å². The van der Waals surface area contributed by atoms with Gasteiger partial charge in [-0.3, -0.25) is 0 Å². The standard InChI is InChI=1S/C11H16.3CO.Fe/c1-4-8-5-6-9-7-10(8)11(9,2)3;3*1-2;/h4-5,9-10H,1,6-7H2,2-3H3;;;;/t9-,10-;;;;/m0..../s1. The zero-order valence-electron chi connectivity index (χ0n) is 10.5. The van der Waals surface area contributed by atoms with Gasteiger partial charge < -0.3 is 0 Å². The van der Waals surface area contributed by atoms with Crippen LogP contribution in [0.4, 0.5) is 0 Å². The summed E-state index contributed by atoms with van der Waals surface area (Å²) in [4.78, 5) is 0. The third-order valence-electron chi connectivity index (χ3n) is 3.75.